The molecule has 2 aliphatic carbocycles. The second-order valence-corrected chi connectivity index (χ2v) is 11.0. The monoisotopic (exact) mass is 586 g/mol. The van der Waals surface area contributed by atoms with E-state index in [0.717, 1.165) is 18.4 Å². The number of benzene rings is 1. The highest BCUT2D eigenvalue weighted by molar-refractivity contribution is 5.89. The summed E-state index contributed by atoms with van der Waals surface area (Å²) in [5.74, 6) is -0.286. The average molecular weight is 587 g/mol. The number of halogens is 1. The van der Waals surface area contributed by atoms with Crippen LogP contribution in [0.4, 0.5) is 4.39 Å². The number of aryl methyl sites for hydroxylation is 1. The van der Waals surface area contributed by atoms with E-state index in [4.69, 9.17) is 4.74 Å². The Morgan fingerprint density at radius 2 is 1.76 bits per heavy atom. The molecular weight excluding hydrogens is 543 g/mol. The molecule has 2 unspecified atom stereocenters. The molecule has 11 heteroatoms. The van der Waals surface area contributed by atoms with Gasteiger partial charge in [0.15, 0.2) is 0 Å². The second-order valence-electron chi connectivity index (χ2n) is 11.0. The van der Waals surface area contributed by atoms with E-state index in [0.29, 0.717) is 30.7 Å². The fourth-order valence-corrected chi connectivity index (χ4v) is 4.50. The Bertz CT molecular complexity index is 1160. The largest absolute Gasteiger partial charge is 0.512 e. The van der Waals surface area contributed by atoms with Gasteiger partial charge in [0.25, 0.3) is 0 Å². The first-order chi connectivity index (χ1) is 20.0. The van der Waals surface area contributed by atoms with Gasteiger partial charge in [0.1, 0.15) is 17.7 Å². The lowest BCUT2D eigenvalue weighted by Gasteiger charge is -2.26. The number of aliphatic hydroxyl groups is 2. The number of ether oxygens (including phenoxy) is 1. The normalized spacial score (nSPS) is 28.9. The quantitative estimate of drug-likeness (QED) is 0.341. The van der Waals surface area contributed by atoms with Crippen molar-refractivity contribution in [3.8, 4) is 0 Å². The summed E-state index contributed by atoms with van der Waals surface area (Å²) in [4.78, 5) is 38.7. The first kappa shape index (κ1) is 32.8. The van der Waals surface area contributed by atoms with Crippen molar-refractivity contribution in [1.29, 1.82) is 0 Å². The summed E-state index contributed by atoms with van der Waals surface area (Å²) in [6, 6.07) is 5.98. The van der Waals surface area contributed by atoms with Crippen LogP contribution < -0.4 is 16.0 Å². The Balaban J connectivity index is 0.000000521. The van der Waals surface area contributed by atoms with Crippen LogP contribution in [0.1, 0.15) is 44.6 Å². The smallest absolute Gasteiger partial charge is 0.240 e. The molecule has 3 amide bonds. The number of nitrogens with zero attached hydrogens (tertiary/aromatic N) is 1. The summed E-state index contributed by atoms with van der Waals surface area (Å²) >= 11 is 0. The predicted molar refractivity (Wildman–Crippen MR) is 157 cm³/mol. The summed E-state index contributed by atoms with van der Waals surface area (Å²) < 4.78 is 18.3. The van der Waals surface area contributed by atoms with Crippen molar-refractivity contribution in [3.63, 3.8) is 0 Å². The van der Waals surface area contributed by atoms with Gasteiger partial charge in [-0.25, -0.2) is 4.39 Å². The third-order valence-corrected chi connectivity index (χ3v) is 7.01. The summed E-state index contributed by atoms with van der Waals surface area (Å²) in [5.41, 5.74) is 1.71. The van der Waals surface area contributed by atoms with Crippen molar-refractivity contribution in [3.05, 3.63) is 71.0 Å². The van der Waals surface area contributed by atoms with Gasteiger partial charge in [0.2, 0.25) is 17.7 Å². The lowest BCUT2D eigenvalue weighted by Crippen LogP contribution is -2.51. The summed E-state index contributed by atoms with van der Waals surface area (Å²) in [6.45, 7) is 3.79. The van der Waals surface area contributed by atoms with Crippen LogP contribution in [0.3, 0.4) is 0 Å². The highest BCUT2D eigenvalue weighted by Crippen LogP contribution is 2.33. The predicted octanol–water partition coefficient (Wildman–Crippen LogP) is 2.40. The Hall–Kier alpha value is -3.70. The minimum atomic E-state index is -0.916. The molecule has 1 heterocycles. The van der Waals surface area contributed by atoms with Crippen molar-refractivity contribution in [1.82, 2.24) is 20.9 Å². The zero-order valence-corrected chi connectivity index (χ0v) is 24.6. The molecule has 3 aliphatic rings. The molecule has 0 saturated heterocycles. The number of β-amino-alcohol motifs (C(OH)–C–C–N with tert-alkyl or cyclic N) is 1. The van der Waals surface area contributed by atoms with Gasteiger partial charge in [-0.2, -0.15) is 0 Å². The Labute approximate surface area is 246 Å². The van der Waals surface area contributed by atoms with Crippen molar-refractivity contribution in [2.75, 3.05) is 33.2 Å². The van der Waals surface area contributed by atoms with E-state index in [1.165, 1.54) is 17.0 Å². The van der Waals surface area contributed by atoms with Crippen LogP contribution in [0.25, 0.3) is 0 Å². The van der Waals surface area contributed by atoms with Gasteiger partial charge < -0.3 is 35.8 Å². The SMILES string of the molecule is C[C@@H]1CNC(C2CC2)C(=O)N(C)CC(=O)NCC(=O)NCC(O)CC2=C(/C=C\CC/C(O)=C\2)O1.Cc1ccc(F)cc1. The molecule has 1 aromatic rings. The third-order valence-electron chi connectivity index (χ3n) is 7.01. The summed E-state index contributed by atoms with van der Waals surface area (Å²) in [5, 5.41) is 29.1. The third kappa shape index (κ3) is 11.3. The van der Waals surface area contributed by atoms with Crippen molar-refractivity contribution < 1.29 is 33.7 Å². The Morgan fingerprint density at radius 1 is 1.05 bits per heavy atom. The first-order valence-corrected chi connectivity index (χ1v) is 14.4. The number of amides is 3. The van der Waals surface area contributed by atoms with Crippen LogP contribution in [0, 0.1) is 18.7 Å². The Kier molecular flexibility index (Phi) is 12.6. The number of likely N-dealkylation sites (N-methyl/N-ethyl adjacent to an activating group) is 1. The minimum absolute atomic E-state index is 0.0254. The maximum atomic E-state index is 13.0. The van der Waals surface area contributed by atoms with Crippen LogP contribution >= 0.6 is 0 Å². The second kappa shape index (κ2) is 16.1. The lowest BCUT2D eigenvalue weighted by molar-refractivity contribution is -0.137. The van der Waals surface area contributed by atoms with Gasteiger partial charge in [-0.05, 0) is 63.3 Å². The minimum Gasteiger partial charge on any atom is -0.512 e. The number of hydrogen-bond acceptors (Lipinski definition) is 7. The fourth-order valence-electron chi connectivity index (χ4n) is 4.50. The molecular formula is C31H43FN4O6. The fraction of sp³-hybridized carbons (Fsp3) is 0.516. The number of rotatable bonds is 1. The molecule has 1 aromatic carbocycles. The number of nitrogens with one attached hydrogen (secondary N) is 3. The van der Waals surface area contributed by atoms with E-state index in [9.17, 15) is 29.0 Å². The zero-order chi connectivity index (χ0) is 30.6. The standard InChI is InChI=1S/C24H36N4O6.C7H7F/c1-15-11-27-23(16-7-8-16)24(33)28(2)14-22(32)26-13-21(31)25-12-19(30)10-17-9-18(29)5-3-4-6-20(17)34-15;1-6-2-4-7(8)5-3-6/h4,6,9,15-16,19,23,27,29-30H,3,5,7-8,10-14H2,1-2H3,(H,25,31)(H,26,32);2-5H,1H3/b6-4-,18-9+,20-17-;/t15-,19?,23?;/m1./s1. The van der Waals surface area contributed by atoms with Gasteiger partial charge in [-0.15, -0.1) is 0 Å². The highest BCUT2D eigenvalue weighted by atomic mass is 19.1. The zero-order valence-electron chi connectivity index (χ0n) is 24.6. The molecule has 0 aromatic heterocycles. The number of hydrogen-bond donors (Lipinski definition) is 5. The molecule has 1 fully saturated rings. The van der Waals surface area contributed by atoms with E-state index in [1.54, 1.807) is 25.3 Å². The molecule has 0 spiro atoms. The lowest BCUT2D eigenvalue weighted by atomic mass is 10.0. The molecule has 3 atom stereocenters. The topological polar surface area (TPSA) is 140 Å². The van der Waals surface area contributed by atoms with E-state index in [-0.39, 0.29) is 55.6 Å². The molecule has 4 rings (SSSR count). The molecule has 230 valence electrons. The summed E-state index contributed by atoms with van der Waals surface area (Å²) in [6.07, 6.45) is 7.32. The molecule has 10 nitrogen and oxygen atoms in total. The summed E-state index contributed by atoms with van der Waals surface area (Å²) in [7, 11) is 1.57. The van der Waals surface area contributed by atoms with E-state index < -0.39 is 24.0 Å². The van der Waals surface area contributed by atoms with Crippen LogP contribution in [-0.4, -0.2) is 84.3 Å². The number of carbonyl (C=O) groups is 3. The van der Waals surface area contributed by atoms with Crippen molar-refractivity contribution in [2.45, 2.75) is 64.2 Å². The molecule has 0 radical (unpaired) electrons. The van der Waals surface area contributed by atoms with Gasteiger partial charge in [-0.3, -0.25) is 14.4 Å². The number of aliphatic hydroxyl groups excluding tert-OH is 2. The van der Waals surface area contributed by atoms with Gasteiger partial charge >= 0.3 is 0 Å². The molecule has 1 saturated carbocycles. The maximum absolute atomic E-state index is 13.0. The van der Waals surface area contributed by atoms with Gasteiger partial charge in [-0.1, -0.05) is 23.8 Å². The van der Waals surface area contributed by atoms with Crippen molar-refractivity contribution >= 4 is 17.7 Å². The van der Waals surface area contributed by atoms with Gasteiger partial charge in [0.05, 0.1) is 31.0 Å². The first-order valence-electron chi connectivity index (χ1n) is 14.4. The van der Waals surface area contributed by atoms with Crippen LogP contribution in [0.5, 0.6) is 0 Å². The van der Waals surface area contributed by atoms with E-state index in [2.05, 4.69) is 16.0 Å². The maximum Gasteiger partial charge on any atom is 0.240 e. The Morgan fingerprint density at radius 3 is 2.43 bits per heavy atom. The number of allylic oxidation sites excluding steroid dienone is 4. The van der Waals surface area contributed by atoms with E-state index >= 15 is 0 Å². The highest BCUT2D eigenvalue weighted by Gasteiger charge is 2.38. The average Bonchev–Trinajstić information content (AvgIpc) is 3.78. The molecule has 42 heavy (non-hydrogen) atoms. The van der Waals surface area contributed by atoms with Crippen LogP contribution in [0.15, 0.2) is 59.6 Å². The number of carbonyl (C=O) groups excluding carboxylic acids is 3. The molecule has 5 N–H and O–H groups in total. The van der Waals surface area contributed by atoms with Gasteiger partial charge in [0, 0.05) is 38.6 Å². The van der Waals surface area contributed by atoms with Crippen molar-refractivity contribution in [2.24, 2.45) is 5.92 Å². The molecule has 0 bridgehead atoms. The van der Waals surface area contributed by atoms with Crippen LogP contribution in [0.2, 0.25) is 0 Å². The van der Waals surface area contributed by atoms with Crippen LogP contribution in [-0.2, 0) is 19.1 Å². The molecule has 1 aliphatic heterocycles. The van der Waals surface area contributed by atoms with E-state index in [1.807, 2.05) is 26.0 Å².